The van der Waals surface area contributed by atoms with Crippen molar-refractivity contribution < 1.29 is 9.53 Å². The topological polar surface area (TPSA) is 41.6 Å². The Morgan fingerprint density at radius 2 is 1.63 bits per heavy atom. The number of ether oxygens (including phenoxy) is 1. The third-order valence-corrected chi connectivity index (χ3v) is 4.73. The zero-order chi connectivity index (χ0) is 18.6. The van der Waals surface area contributed by atoms with Crippen LogP contribution in [0.5, 0.6) is 5.75 Å². The molecule has 1 heterocycles. The van der Waals surface area contributed by atoms with Gasteiger partial charge in [0.25, 0.3) is 5.91 Å². The Labute approximate surface area is 159 Å². The summed E-state index contributed by atoms with van der Waals surface area (Å²) in [4.78, 5) is 15.2. The molecule has 4 nitrogen and oxygen atoms in total. The van der Waals surface area contributed by atoms with Crippen LogP contribution in [-0.4, -0.2) is 17.4 Å². The van der Waals surface area contributed by atoms with E-state index in [1.165, 1.54) is 0 Å². The second-order valence-electron chi connectivity index (χ2n) is 6.48. The molecule has 3 aromatic carbocycles. The number of carbonyl (C=O) groups excluding carboxylic acids is 1. The molecule has 1 N–H and O–H groups in total. The van der Waals surface area contributed by atoms with Crippen molar-refractivity contribution in [3.8, 4) is 5.75 Å². The first-order valence-corrected chi connectivity index (χ1v) is 9.20. The quantitative estimate of drug-likeness (QED) is 0.709. The molecular formula is C23H22N2O2. The minimum Gasteiger partial charge on any atom is -0.493 e. The summed E-state index contributed by atoms with van der Waals surface area (Å²) in [7, 11) is 0. The van der Waals surface area contributed by atoms with Crippen LogP contribution in [-0.2, 0) is 6.54 Å². The van der Waals surface area contributed by atoms with E-state index >= 15 is 0 Å². The fourth-order valence-corrected chi connectivity index (χ4v) is 3.47. The standard InChI is InChI=1S/C23H22N2O2/c1-2-27-21-15-9-7-13-19(21)22-24-20-14-8-6-12-18(20)23(26)25(22)16-17-10-4-3-5-11-17/h3-15,22,24H,2,16H2,1H3. The maximum atomic E-state index is 13.3. The van der Waals surface area contributed by atoms with Crippen LogP contribution in [0.25, 0.3) is 0 Å². The summed E-state index contributed by atoms with van der Waals surface area (Å²) >= 11 is 0. The molecule has 1 aliphatic rings. The first-order valence-electron chi connectivity index (χ1n) is 9.20. The van der Waals surface area contributed by atoms with Crippen molar-refractivity contribution in [1.82, 2.24) is 4.90 Å². The van der Waals surface area contributed by atoms with E-state index in [9.17, 15) is 4.79 Å². The third-order valence-electron chi connectivity index (χ3n) is 4.73. The summed E-state index contributed by atoms with van der Waals surface area (Å²) in [6.45, 7) is 3.06. The molecule has 1 aliphatic heterocycles. The first kappa shape index (κ1) is 17.2. The summed E-state index contributed by atoms with van der Waals surface area (Å²) in [5, 5.41) is 3.54. The minimum atomic E-state index is -0.296. The smallest absolute Gasteiger partial charge is 0.258 e. The molecular weight excluding hydrogens is 336 g/mol. The van der Waals surface area contributed by atoms with Gasteiger partial charge in [-0.15, -0.1) is 0 Å². The predicted octanol–water partition coefficient (Wildman–Crippen LogP) is 4.85. The summed E-state index contributed by atoms with van der Waals surface area (Å²) < 4.78 is 5.83. The van der Waals surface area contributed by atoms with E-state index in [4.69, 9.17) is 4.74 Å². The molecule has 0 bridgehead atoms. The molecule has 136 valence electrons. The van der Waals surface area contributed by atoms with Crippen molar-refractivity contribution in [2.24, 2.45) is 0 Å². The number of hydrogen-bond donors (Lipinski definition) is 1. The summed E-state index contributed by atoms with van der Waals surface area (Å²) in [6, 6.07) is 25.6. The van der Waals surface area contributed by atoms with E-state index in [2.05, 4.69) is 5.32 Å². The van der Waals surface area contributed by atoms with E-state index in [1.807, 2.05) is 90.7 Å². The summed E-state index contributed by atoms with van der Waals surface area (Å²) in [5.41, 5.74) is 3.59. The van der Waals surface area contributed by atoms with Crippen LogP contribution in [0.1, 0.15) is 34.6 Å². The van der Waals surface area contributed by atoms with Crippen LogP contribution in [0.4, 0.5) is 5.69 Å². The van der Waals surface area contributed by atoms with Gasteiger partial charge < -0.3 is 15.0 Å². The zero-order valence-electron chi connectivity index (χ0n) is 15.3. The summed E-state index contributed by atoms with van der Waals surface area (Å²) in [6.07, 6.45) is -0.296. The lowest BCUT2D eigenvalue weighted by Crippen LogP contribution is -2.42. The van der Waals surface area contributed by atoms with Crippen molar-refractivity contribution in [1.29, 1.82) is 0 Å². The van der Waals surface area contributed by atoms with Crippen molar-refractivity contribution in [2.75, 3.05) is 11.9 Å². The molecule has 0 aliphatic carbocycles. The van der Waals surface area contributed by atoms with E-state index < -0.39 is 0 Å². The fourth-order valence-electron chi connectivity index (χ4n) is 3.47. The summed E-state index contributed by atoms with van der Waals surface area (Å²) in [5.74, 6) is 0.812. The number of amides is 1. The molecule has 0 radical (unpaired) electrons. The third kappa shape index (κ3) is 3.38. The normalized spacial score (nSPS) is 15.8. The number of carbonyl (C=O) groups is 1. The Kier molecular flexibility index (Phi) is 4.79. The molecule has 0 saturated heterocycles. The van der Waals surface area contributed by atoms with Gasteiger partial charge in [0.1, 0.15) is 11.9 Å². The molecule has 1 unspecified atom stereocenters. The van der Waals surface area contributed by atoms with Gasteiger partial charge in [-0.1, -0.05) is 60.7 Å². The highest BCUT2D eigenvalue weighted by Gasteiger charge is 2.34. The number of nitrogens with zero attached hydrogens (tertiary/aromatic N) is 1. The van der Waals surface area contributed by atoms with E-state index in [0.29, 0.717) is 18.7 Å². The molecule has 27 heavy (non-hydrogen) atoms. The Morgan fingerprint density at radius 3 is 2.44 bits per heavy atom. The fraction of sp³-hybridized carbons (Fsp3) is 0.174. The lowest BCUT2D eigenvalue weighted by Gasteiger charge is -2.38. The van der Waals surface area contributed by atoms with Crippen LogP contribution >= 0.6 is 0 Å². The van der Waals surface area contributed by atoms with Crippen LogP contribution < -0.4 is 10.1 Å². The van der Waals surface area contributed by atoms with Gasteiger partial charge in [0.05, 0.1) is 12.2 Å². The van der Waals surface area contributed by atoms with Crippen molar-refractivity contribution in [3.05, 3.63) is 95.6 Å². The molecule has 0 spiro atoms. The Hall–Kier alpha value is -3.27. The van der Waals surface area contributed by atoms with Gasteiger partial charge in [-0.2, -0.15) is 0 Å². The number of para-hydroxylation sites is 2. The van der Waals surface area contributed by atoms with E-state index in [1.54, 1.807) is 0 Å². The lowest BCUT2D eigenvalue weighted by molar-refractivity contribution is 0.0664. The van der Waals surface area contributed by atoms with Crippen LogP contribution in [0.2, 0.25) is 0 Å². The molecule has 4 rings (SSSR count). The van der Waals surface area contributed by atoms with Gasteiger partial charge in [0.2, 0.25) is 0 Å². The largest absolute Gasteiger partial charge is 0.493 e. The molecule has 1 atom stereocenters. The predicted molar refractivity (Wildman–Crippen MR) is 107 cm³/mol. The van der Waals surface area contributed by atoms with Gasteiger partial charge in [0, 0.05) is 17.8 Å². The number of benzene rings is 3. The molecule has 0 saturated carbocycles. The van der Waals surface area contributed by atoms with Gasteiger partial charge in [0.15, 0.2) is 0 Å². The Morgan fingerprint density at radius 1 is 0.926 bits per heavy atom. The molecule has 4 heteroatoms. The van der Waals surface area contributed by atoms with Crippen molar-refractivity contribution in [2.45, 2.75) is 19.6 Å². The van der Waals surface area contributed by atoms with Gasteiger partial charge in [-0.3, -0.25) is 4.79 Å². The minimum absolute atomic E-state index is 0.0181. The van der Waals surface area contributed by atoms with Gasteiger partial charge in [-0.25, -0.2) is 0 Å². The van der Waals surface area contributed by atoms with E-state index in [-0.39, 0.29) is 12.1 Å². The average Bonchev–Trinajstić information content (AvgIpc) is 2.72. The maximum absolute atomic E-state index is 13.3. The molecule has 3 aromatic rings. The highest BCUT2D eigenvalue weighted by Crippen LogP contribution is 2.37. The number of nitrogens with one attached hydrogen (secondary N) is 1. The number of rotatable bonds is 5. The number of anilines is 1. The highest BCUT2D eigenvalue weighted by molar-refractivity contribution is 6.01. The van der Waals surface area contributed by atoms with Crippen LogP contribution in [0.3, 0.4) is 0 Å². The molecule has 0 aromatic heterocycles. The SMILES string of the molecule is CCOc1ccccc1C1Nc2ccccc2C(=O)N1Cc1ccccc1. The van der Waals surface area contributed by atoms with Crippen molar-refractivity contribution in [3.63, 3.8) is 0 Å². The van der Waals surface area contributed by atoms with Crippen molar-refractivity contribution >= 4 is 11.6 Å². The average molecular weight is 358 g/mol. The Balaban J connectivity index is 1.78. The zero-order valence-corrected chi connectivity index (χ0v) is 15.3. The first-order chi connectivity index (χ1) is 13.3. The van der Waals surface area contributed by atoms with Crippen LogP contribution in [0, 0.1) is 0 Å². The lowest BCUT2D eigenvalue weighted by atomic mass is 10.0. The van der Waals surface area contributed by atoms with Crippen LogP contribution in [0.15, 0.2) is 78.9 Å². The van der Waals surface area contributed by atoms with E-state index in [0.717, 1.165) is 22.6 Å². The van der Waals surface area contributed by atoms with Gasteiger partial charge >= 0.3 is 0 Å². The second-order valence-corrected chi connectivity index (χ2v) is 6.48. The Bertz CT molecular complexity index is 940. The molecule has 1 amide bonds. The molecule has 0 fully saturated rings. The maximum Gasteiger partial charge on any atom is 0.258 e. The second kappa shape index (κ2) is 7.54. The number of hydrogen-bond acceptors (Lipinski definition) is 3. The van der Waals surface area contributed by atoms with Gasteiger partial charge in [-0.05, 0) is 30.7 Å². The monoisotopic (exact) mass is 358 g/mol. The number of fused-ring (bicyclic) bond motifs is 1. The highest BCUT2D eigenvalue weighted by atomic mass is 16.5.